The lowest BCUT2D eigenvalue weighted by Gasteiger charge is -2.21. The van der Waals surface area contributed by atoms with Crippen molar-refractivity contribution in [3.63, 3.8) is 0 Å². The Morgan fingerprint density at radius 3 is 1.40 bits per heavy atom. The van der Waals surface area contributed by atoms with Crippen molar-refractivity contribution in [2.24, 2.45) is 4.99 Å². The number of phenols is 4. The molecule has 4 aromatic carbocycles. The van der Waals surface area contributed by atoms with Crippen LogP contribution in [0.5, 0.6) is 23.0 Å². The number of halogens is 2. The third kappa shape index (κ3) is 5.76. The van der Waals surface area contributed by atoms with Crippen LogP contribution in [0.25, 0.3) is 5.57 Å². The van der Waals surface area contributed by atoms with Crippen LogP contribution in [0.4, 0.5) is 8.63 Å². The van der Waals surface area contributed by atoms with E-state index in [1.54, 1.807) is 56.3 Å². The van der Waals surface area contributed by atoms with Gasteiger partial charge in [-0.2, -0.15) is 0 Å². The summed E-state index contributed by atoms with van der Waals surface area (Å²) >= 11 is 0. The van der Waals surface area contributed by atoms with Gasteiger partial charge in [-0.05, 0) is 113 Å². The molecular formula is C41H37BF2N2O4. The Morgan fingerprint density at radius 2 is 1.02 bits per heavy atom. The van der Waals surface area contributed by atoms with Crippen molar-refractivity contribution >= 4 is 18.7 Å². The number of phenolic OH excluding ortho intramolecular Hbond substituents is 4. The highest BCUT2D eigenvalue weighted by molar-refractivity contribution is 6.41. The standard InChI is InChI=1S/C41H37BF2N2O4/c1-22-14-24(3)45-36(22)35(37-23(2)15-25(4)46(37)42(43)44)32-20-33-18-30-12-6-10-28(39(30)48)16-26-8-5-9-27(38(26)47)17-29-11-7-13-31(40(29)49)19-34(21-32)41(33)50/h5-15,20-21,47-50H,16-19H2,1-4H3/b36-35-. The molecule has 1 aliphatic carbocycles. The van der Waals surface area contributed by atoms with Crippen molar-refractivity contribution in [1.82, 2.24) is 4.48 Å². The van der Waals surface area contributed by atoms with Crippen LogP contribution in [0, 0.1) is 13.8 Å². The highest BCUT2D eigenvalue weighted by atomic mass is 19.2. The second kappa shape index (κ2) is 12.7. The molecule has 2 aliphatic rings. The molecule has 9 heteroatoms. The van der Waals surface area contributed by atoms with Crippen molar-refractivity contribution in [2.75, 3.05) is 0 Å². The zero-order valence-electron chi connectivity index (χ0n) is 28.4. The summed E-state index contributed by atoms with van der Waals surface area (Å²) in [5, 5.41) is 46.3. The number of hydrogen-bond donors (Lipinski definition) is 4. The number of allylic oxidation sites excluding steroid dienone is 2. The third-order valence-corrected chi connectivity index (χ3v) is 9.87. The molecule has 0 amide bonds. The number of aromatic nitrogens is 1. The van der Waals surface area contributed by atoms with Gasteiger partial charge in [0.05, 0.1) is 5.70 Å². The first-order valence-corrected chi connectivity index (χ1v) is 16.6. The first-order valence-electron chi connectivity index (χ1n) is 16.6. The van der Waals surface area contributed by atoms with E-state index in [-0.39, 0.29) is 48.7 Å². The molecule has 0 unspecified atom stereocenters. The maximum absolute atomic E-state index is 14.8. The number of aryl methyl sites for hydroxylation is 2. The molecule has 50 heavy (non-hydrogen) atoms. The molecule has 8 bridgehead atoms. The monoisotopic (exact) mass is 670 g/mol. The maximum Gasteiger partial charge on any atom is 0.677 e. The number of benzene rings is 4. The lowest BCUT2D eigenvalue weighted by Crippen LogP contribution is -2.18. The van der Waals surface area contributed by atoms with Crippen LogP contribution < -0.4 is 0 Å². The molecule has 0 spiro atoms. The Bertz CT molecular complexity index is 2200. The van der Waals surface area contributed by atoms with Crippen LogP contribution in [0.1, 0.15) is 80.9 Å². The second-order valence-corrected chi connectivity index (χ2v) is 13.4. The van der Waals surface area contributed by atoms with E-state index in [0.717, 1.165) is 15.8 Å². The molecule has 0 saturated heterocycles. The highest BCUT2D eigenvalue weighted by Crippen LogP contribution is 2.42. The summed E-state index contributed by atoms with van der Waals surface area (Å²) < 4.78 is 30.6. The zero-order chi connectivity index (χ0) is 35.4. The normalized spacial score (nSPS) is 15.1. The molecule has 5 aromatic rings. The minimum absolute atomic E-state index is 0.0156. The van der Waals surface area contributed by atoms with Gasteiger partial charge in [-0.1, -0.05) is 54.6 Å². The molecule has 1 aliphatic heterocycles. The molecule has 0 saturated carbocycles. The summed E-state index contributed by atoms with van der Waals surface area (Å²) in [4.78, 5) is 4.81. The topological polar surface area (TPSA) is 98.2 Å². The van der Waals surface area contributed by atoms with Crippen molar-refractivity contribution in [2.45, 2.75) is 53.4 Å². The molecule has 7 rings (SSSR count). The predicted octanol–water partition coefficient (Wildman–Crippen LogP) is 8.56. The van der Waals surface area contributed by atoms with Crippen molar-refractivity contribution < 1.29 is 29.1 Å². The van der Waals surface area contributed by atoms with E-state index >= 15 is 0 Å². The quantitative estimate of drug-likeness (QED) is 0.142. The lowest BCUT2D eigenvalue weighted by molar-refractivity contribution is 0.450. The van der Waals surface area contributed by atoms with E-state index in [0.29, 0.717) is 78.3 Å². The van der Waals surface area contributed by atoms with Gasteiger partial charge >= 0.3 is 7.40 Å². The Hall–Kier alpha value is -5.57. The van der Waals surface area contributed by atoms with Gasteiger partial charge in [-0.15, -0.1) is 0 Å². The first-order chi connectivity index (χ1) is 23.9. The average Bonchev–Trinajstić information content (AvgIpc) is 3.56. The molecular weight excluding hydrogens is 633 g/mol. The van der Waals surface area contributed by atoms with E-state index in [2.05, 4.69) is 0 Å². The molecule has 1 aromatic heterocycles. The van der Waals surface area contributed by atoms with Gasteiger partial charge in [0.25, 0.3) is 0 Å². The smallest absolute Gasteiger partial charge is 0.507 e. The van der Waals surface area contributed by atoms with Crippen LogP contribution in [0.15, 0.2) is 95.1 Å². The maximum atomic E-state index is 14.8. The van der Waals surface area contributed by atoms with Gasteiger partial charge in [0.2, 0.25) is 0 Å². The molecule has 0 fully saturated rings. The van der Waals surface area contributed by atoms with Crippen LogP contribution in [0.3, 0.4) is 0 Å². The minimum Gasteiger partial charge on any atom is -0.507 e. The number of rotatable bonds is 3. The zero-order valence-corrected chi connectivity index (χ0v) is 28.4. The van der Waals surface area contributed by atoms with Gasteiger partial charge in [-0.3, -0.25) is 13.6 Å². The van der Waals surface area contributed by atoms with Crippen LogP contribution in [-0.4, -0.2) is 38.0 Å². The Morgan fingerprint density at radius 1 is 0.620 bits per heavy atom. The van der Waals surface area contributed by atoms with Crippen molar-refractivity contribution in [3.8, 4) is 23.0 Å². The summed E-state index contributed by atoms with van der Waals surface area (Å²) in [5.41, 5.74) is 9.12. The lowest BCUT2D eigenvalue weighted by atomic mass is 9.87. The fourth-order valence-corrected chi connectivity index (χ4v) is 7.49. The molecule has 4 N–H and O–H groups in total. The molecule has 0 atom stereocenters. The van der Waals surface area contributed by atoms with E-state index in [9.17, 15) is 29.1 Å². The van der Waals surface area contributed by atoms with Gasteiger partial charge in [0.1, 0.15) is 23.0 Å². The minimum atomic E-state index is -2.81. The Balaban J connectivity index is 1.52. The molecule has 2 heterocycles. The SMILES string of the molecule is CC1=CC(C)=N/C1=C(/c1cc2c(O)c(c1)Cc1cccc(c1O)Cc1cccc(c1O)Cc1cccc(c1O)C2)c1c(C)cc(C)n1B(F)F. The van der Waals surface area contributed by atoms with E-state index in [1.807, 2.05) is 50.3 Å². The summed E-state index contributed by atoms with van der Waals surface area (Å²) in [6, 6.07) is 21.6. The van der Waals surface area contributed by atoms with Gasteiger partial charge in [-0.25, -0.2) is 0 Å². The molecule has 0 radical (unpaired) electrons. The Labute approximate surface area is 290 Å². The van der Waals surface area contributed by atoms with Crippen LogP contribution in [-0.2, 0) is 25.7 Å². The largest absolute Gasteiger partial charge is 0.677 e. The number of aromatic hydroxyl groups is 4. The highest BCUT2D eigenvalue weighted by Gasteiger charge is 2.30. The van der Waals surface area contributed by atoms with E-state index < -0.39 is 7.40 Å². The Kier molecular flexibility index (Phi) is 8.38. The number of hydrogen-bond acceptors (Lipinski definition) is 5. The van der Waals surface area contributed by atoms with Crippen LogP contribution >= 0.6 is 0 Å². The summed E-state index contributed by atoms with van der Waals surface area (Å²) in [5.74, 6) is 0.184. The fourth-order valence-electron chi connectivity index (χ4n) is 7.49. The number of para-hydroxylation sites is 3. The van der Waals surface area contributed by atoms with Crippen molar-refractivity contribution in [3.05, 3.63) is 157 Å². The fraction of sp³-hybridized carbons (Fsp3) is 0.195. The summed E-state index contributed by atoms with van der Waals surface area (Å²) in [6.07, 6.45) is 2.67. The van der Waals surface area contributed by atoms with Gasteiger partial charge < -0.3 is 24.9 Å². The third-order valence-electron chi connectivity index (χ3n) is 9.87. The van der Waals surface area contributed by atoms with Crippen molar-refractivity contribution in [1.29, 1.82) is 0 Å². The summed E-state index contributed by atoms with van der Waals surface area (Å²) in [6.45, 7) is 7.22. The van der Waals surface area contributed by atoms with Gasteiger partial charge in [0.15, 0.2) is 0 Å². The first kappa shape index (κ1) is 33.0. The van der Waals surface area contributed by atoms with E-state index in [4.69, 9.17) is 4.99 Å². The predicted molar refractivity (Wildman–Crippen MR) is 194 cm³/mol. The average molecular weight is 671 g/mol. The van der Waals surface area contributed by atoms with Gasteiger partial charge in [0, 0.05) is 48.4 Å². The summed E-state index contributed by atoms with van der Waals surface area (Å²) in [7, 11) is -2.81. The van der Waals surface area contributed by atoms with Crippen LogP contribution in [0.2, 0.25) is 0 Å². The second-order valence-electron chi connectivity index (χ2n) is 13.4. The molecule has 252 valence electrons. The number of aliphatic imine (C=N–C) groups is 1. The number of fused-ring (bicyclic) bond motifs is 8. The van der Waals surface area contributed by atoms with E-state index in [1.165, 1.54) is 0 Å². The molecule has 6 nitrogen and oxygen atoms in total. The number of nitrogens with zero attached hydrogens (tertiary/aromatic N) is 2.